The number of primary sulfonamides is 1. The van der Waals surface area contributed by atoms with Crippen LogP contribution in [-0.4, -0.2) is 20.4 Å². The van der Waals surface area contributed by atoms with Gasteiger partial charge in [-0.2, -0.15) is 0 Å². The van der Waals surface area contributed by atoms with E-state index in [1.54, 1.807) is 12.1 Å². The predicted molar refractivity (Wildman–Crippen MR) is 98.5 cm³/mol. The standard InChI is InChI=1S/C19H24N2O3S/c1-15(7-8-16-5-3-2-4-6-16)21-19(22)14-11-17-9-12-18(13-10-17)25(20,23)24/h2-6,9-10,12-13,15H,7-8,11,14H2,1H3,(H,21,22)(H2,20,23,24)/t15-/m0/s1. The van der Waals surface area contributed by atoms with Gasteiger partial charge in [-0.1, -0.05) is 42.5 Å². The number of carbonyl (C=O) groups is 1. The molecule has 0 saturated carbocycles. The first-order valence-corrected chi connectivity index (χ1v) is 9.84. The van der Waals surface area contributed by atoms with Crippen molar-refractivity contribution < 1.29 is 13.2 Å². The van der Waals surface area contributed by atoms with E-state index in [0.717, 1.165) is 18.4 Å². The van der Waals surface area contributed by atoms with Gasteiger partial charge in [-0.25, -0.2) is 13.6 Å². The summed E-state index contributed by atoms with van der Waals surface area (Å²) in [4.78, 5) is 12.1. The lowest BCUT2D eigenvalue weighted by Gasteiger charge is -2.14. The van der Waals surface area contributed by atoms with Gasteiger partial charge in [0.05, 0.1) is 4.90 Å². The number of nitrogens with two attached hydrogens (primary N) is 1. The van der Waals surface area contributed by atoms with Crippen LogP contribution < -0.4 is 10.5 Å². The number of hydrogen-bond acceptors (Lipinski definition) is 3. The van der Waals surface area contributed by atoms with Crippen molar-refractivity contribution in [1.82, 2.24) is 5.32 Å². The van der Waals surface area contributed by atoms with Crippen molar-refractivity contribution in [2.24, 2.45) is 5.14 Å². The van der Waals surface area contributed by atoms with E-state index in [-0.39, 0.29) is 16.8 Å². The van der Waals surface area contributed by atoms with E-state index < -0.39 is 10.0 Å². The normalized spacial score (nSPS) is 12.6. The van der Waals surface area contributed by atoms with E-state index in [1.807, 2.05) is 25.1 Å². The first-order chi connectivity index (χ1) is 11.8. The maximum absolute atomic E-state index is 12.0. The Kier molecular flexibility index (Phi) is 6.73. The molecule has 25 heavy (non-hydrogen) atoms. The Morgan fingerprint density at radius 1 is 1.00 bits per heavy atom. The third-order valence-electron chi connectivity index (χ3n) is 4.01. The molecule has 0 radical (unpaired) electrons. The molecule has 5 nitrogen and oxygen atoms in total. The van der Waals surface area contributed by atoms with Crippen LogP contribution in [-0.2, 0) is 27.7 Å². The molecule has 0 unspecified atom stereocenters. The summed E-state index contributed by atoms with van der Waals surface area (Å²) >= 11 is 0. The minimum atomic E-state index is -3.68. The first-order valence-electron chi connectivity index (χ1n) is 8.29. The second kappa shape index (κ2) is 8.78. The number of amides is 1. The lowest BCUT2D eigenvalue weighted by atomic mass is 10.1. The van der Waals surface area contributed by atoms with E-state index >= 15 is 0 Å². The van der Waals surface area contributed by atoms with Gasteiger partial charge in [0, 0.05) is 12.5 Å². The smallest absolute Gasteiger partial charge is 0.238 e. The van der Waals surface area contributed by atoms with Crippen LogP contribution in [0.25, 0.3) is 0 Å². The zero-order valence-electron chi connectivity index (χ0n) is 14.3. The Balaban J connectivity index is 1.74. The quantitative estimate of drug-likeness (QED) is 0.757. The van der Waals surface area contributed by atoms with Crippen molar-refractivity contribution in [3.05, 3.63) is 65.7 Å². The summed E-state index contributed by atoms with van der Waals surface area (Å²) in [6.07, 6.45) is 2.74. The molecule has 2 aromatic rings. The number of benzene rings is 2. The first kappa shape index (κ1) is 19.1. The monoisotopic (exact) mass is 360 g/mol. The van der Waals surface area contributed by atoms with Crippen LogP contribution in [0.1, 0.15) is 30.9 Å². The molecule has 0 fully saturated rings. The molecule has 0 aliphatic heterocycles. The van der Waals surface area contributed by atoms with Crippen molar-refractivity contribution in [3.8, 4) is 0 Å². The van der Waals surface area contributed by atoms with E-state index in [1.165, 1.54) is 17.7 Å². The summed E-state index contributed by atoms with van der Waals surface area (Å²) in [6, 6.07) is 16.6. The fourth-order valence-corrected chi connectivity index (χ4v) is 3.07. The fraction of sp³-hybridized carbons (Fsp3) is 0.316. The molecule has 0 saturated heterocycles. The molecule has 2 aromatic carbocycles. The summed E-state index contributed by atoms with van der Waals surface area (Å²) in [7, 11) is -3.68. The van der Waals surface area contributed by atoms with Crippen LogP contribution in [0.4, 0.5) is 0 Å². The summed E-state index contributed by atoms with van der Waals surface area (Å²) in [5, 5.41) is 8.06. The number of nitrogens with one attached hydrogen (secondary N) is 1. The average Bonchev–Trinajstić information content (AvgIpc) is 2.59. The Labute approximate surface area is 149 Å². The molecule has 0 aliphatic rings. The van der Waals surface area contributed by atoms with Crippen LogP contribution in [0.5, 0.6) is 0 Å². The maximum Gasteiger partial charge on any atom is 0.238 e. The van der Waals surface area contributed by atoms with Crippen molar-refractivity contribution >= 4 is 15.9 Å². The molecule has 2 rings (SSSR count). The van der Waals surface area contributed by atoms with Gasteiger partial charge in [-0.05, 0) is 49.4 Å². The lowest BCUT2D eigenvalue weighted by Crippen LogP contribution is -2.33. The minimum Gasteiger partial charge on any atom is -0.354 e. The fourth-order valence-electron chi connectivity index (χ4n) is 2.55. The third-order valence-corrected chi connectivity index (χ3v) is 4.94. The second-order valence-electron chi connectivity index (χ2n) is 6.18. The van der Waals surface area contributed by atoms with Gasteiger partial charge < -0.3 is 5.32 Å². The van der Waals surface area contributed by atoms with Crippen molar-refractivity contribution in [2.45, 2.75) is 43.5 Å². The lowest BCUT2D eigenvalue weighted by molar-refractivity contribution is -0.121. The van der Waals surface area contributed by atoms with Crippen LogP contribution in [0.3, 0.4) is 0 Å². The number of carbonyl (C=O) groups excluding carboxylic acids is 1. The Hall–Kier alpha value is -2.18. The van der Waals surface area contributed by atoms with Crippen LogP contribution in [0.2, 0.25) is 0 Å². The molecular formula is C19H24N2O3S. The van der Waals surface area contributed by atoms with Crippen molar-refractivity contribution in [1.29, 1.82) is 0 Å². The van der Waals surface area contributed by atoms with Gasteiger partial charge in [-0.15, -0.1) is 0 Å². The molecule has 0 aromatic heterocycles. The molecule has 1 atom stereocenters. The zero-order valence-corrected chi connectivity index (χ0v) is 15.1. The van der Waals surface area contributed by atoms with Gasteiger partial charge in [-0.3, -0.25) is 4.79 Å². The molecule has 134 valence electrons. The van der Waals surface area contributed by atoms with Gasteiger partial charge in [0.1, 0.15) is 0 Å². The van der Waals surface area contributed by atoms with E-state index in [2.05, 4.69) is 17.4 Å². The molecule has 1 amide bonds. The van der Waals surface area contributed by atoms with E-state index in [9.17, 15) is 13.2 Å². The number of aryl methyl sites for hydroxylation is 2. The second-order valence-corrected chi connectivity index (χ2v) is 7.74. The highest BCUT2D eigenvalue weighted by atomic mass is 32.2. The molecule has 3 N–H and O–H groups in total. The van der Waals surface area contributed by atoms with E-state index in [4.69, 9.17) is 5.14 Å². The average molecular weight is 360 g/mol. The Morgan fingerprint density at radius 2 is 1.60 bits per heavy atom. The molecule has 0 bridgehead atoms. The molecule has 0 heterocycles. The van der Waals surface area contributed by atoms with Gasteiger partial charge in [0.2, 0.25) is 15.9 Å². The highest BCUT2D eigenvalue weighted by Gasteiger charge is 2.09. The molecule has 0 spiro atoms. The highest BCUT2D eigenvalue weighted by molar-refractivity contribution is 7.89. The number of hydrogen-bond donors (Lipinski definition) is 2. The molecular weight excluding hydrogens is 336 g/mol. The van der Waals surface area contributed by atoms with Crippen LogP contribution in [0, 0.1) is 0 Å². The van der Waals surface area contributed by atoms with Crippen LogP contribution in [0.15, 0.2) is 59.5 Å². The summed E-state index contributed by atoms with van der Waals surface area (Å²) < 4.78 is 22.4. The largest absolute Gasteiger partial charge is 0.354 e. The molecule has 6 heteroatoms. The van der Waals surface area contributed by atoms with Gasteiger partial charge in [0.25, 0.3) is 0 Å². The van der Waals surface area contributed by atoms with Gasteiger partial charge >= 0.3 is 0 Å². The maximum atomic E-state index is 12.0. The van der Waals surface area contributed by atoms with Crippen LogP contribution >= 0.6 is 0 Å². The summed E-state index contributed by atoms with van der Waals surface area (Å²) in [5.41, 5.74) is 2.16. The number of rotatable bonds is 8. The Morgan fingerprint density at radius 3 is 2.20 bits per heavy atom. The third kappa shape index (κ3) is 6.68. The highest BCUT2D eigenvalue weighted by Crippen LogP contribution is 2.10. The Bertz CT molecular complexity index is 787. The molecule has 0 aliphatic carbocycles. The van der Waals surface area contributed by atoms with Crippen molar-refractivity contribution in [3.63, 3.8) is 0 Å². The van der Waals surface area contributed by atoms with Gasteiger partial charge in [0.15, 0.2) is 0 Å². The predicted octanol–water partition coefficient (Wildman–Crippen LogP) is 2.40. The SMILES string of the molecule is C[C@@H](CCc1ccccc1)NC(=O)CCc1ccc(S(N)(=O)=O)cc1. The minimum absolute atomic E-state index is 0.00363. The summed E-state index contributed by atoms with van der Waals surface area (Å²) in [6.45, 7) is 2.00. The topological polar surface area (TPSA) is 89.3 Å². The zero-order chi connectivity index (χ0) is 18.3. The van der Waals surface area contributed by atoms with Crippen molar-refractivity contribution in [2.75, 3.05) is 0 Å². The number of sulfonamides is 1. The summed E-state index contributed by atoms with van der Waals surface area (Å²) in [5.74, 6) is -0.00363. The van der Waals surface area contributed by atoms with E-state index in [0.29, 0.717) is 12.8 Å².